The second kappa shape index (κ2) is 8.45. The zero-order valence-electron chi connectivity index (χ0n) is 13.9. The summed E-state index contributed by atoms with van der Waals surface area (Å²) in [7, 11) is -3.25. The predicted octanol–water partition coefficient (Wildman–Crippen LogP) is 5.97. The number of hydrogen-bond acceptors (Lipinski definition) is 3. The number of rotatable bonds is 10. The Morgan fingerprint density at radius 1 is 0.789 bits per heavy atom. The van der Waals surface area contributed by atoms with Gasteiger partial charge in [0.2, 0.25) is 0 Å². The van der Waals surface area contributed by atoms with Gasteiger partial charge in [-0.15, -0.1) is 0 Å². The van der Waals surface area contributed by atoms with Crippen LogP contribution in [0.2, 0.25) is 39.3 Å². The zero-order chi connectivity index (χ0) is 15.2. The minimum atomic E-state index is -2.05. The molecule has 0 heterocycles. The van der Waals surface area contributed by atoms with Crippen LogP contribution in [0.3, 0.4) is 0 Å². The maximum Gasteiger partial charge on any atom is 0.192 e. The first-order valence-corrected chi connectivity index (χ1v) is 17.1. The summed E-state index contributed by atoms with van der Waals surface area (Å²) in [5.74, 6) is 0. The average molecular weight is 341 g/mol. The minimum absolute atomic E-state index is 0.959. The molecule has 0 aliphatic rings. The maximum atomic E-state index is 6.29. The average Bonchev–Trinajstić information content (AvgIpc) is 2.10. The van der Waals surface area contributed by atoms with Crippen LogP contribution in [0.5, 0.6) is 0 Å². The second-order valence-corrected chi connectivity index (χ2v) is 20.4. The van der Waals surface area contributed by atoms with Crippen LogP contribution in [0.1, 0.15) is 39.0 Å². The van der Waals surface area contributed by atoms with E-state index in [0.29, 0.717) is 0 Å². The molecule has 0 bridgehead atoms. The Balaban J connectivity index is 4.46. The highest BCUT2D eigenvalue weighted by Crippen LogP contribution is 2.53. The Morgan fingerprint density at radius 3 is 1.58 bits per heavy atom. The van der Waals surface area contributed by atoms with E-state index in [1.54, 1.807) is 0 Å². The highest BCUT2D eigenvalue weighted by molar-refractivity contribution is 8.10. The van der Waals surface area contributed by atoms with Crippen molar-refractivity contribution in [1.82, 2.24) is 0 Å². The topological polar surface area (TPSA) is 18.5 Å². The van der Waals surface area contributed by atoms with Gasteiger partial charge in [-0.3, -0.25) is 0 Å². The van der Waals surface area contributed by atoms with Gasteiger partial charge >= 0.3 is 0 Å². The van der Waals surface area contributed by atoms with Crippen molar-refractivity contribution in [3.63, 3.8) is 0 Å². The first kappa shape index (κ1) is 20.0. The highest BCUT2D eigenvalue weighted by atomic mass is 32.5. The molecule has 116 valence electrons. The number of unbranched alkanes of at least 4 members (excludes halogenated alkanes) is 4. The van der Waals surface area contributed by atoms with Crippen LogP contribution in [0.4, 0.5) is 0 Å². The van der Waals surface area contributed by atoms with Crippen LogP contribution in [-0.4, -0.2) is 22.8 Å². The first-order chi connectivity index (χ1) is 8.47. The quantitative estimate of drug-likeness (QED) is 0.277. The molecular weight excluding hydrogens is 307 g/mol. The molecule has 0 saturated heterocycles. The molecule has 0 aromatic carbocycles. The maximum absolute atomic E-state index is 6.29. The normalized spacial score (nSPS) is 13.8. The molecule has 0 fully saturated rings. The van der Waals surface area contributed by atoms with Crippen molar-refractivity contribution in [3.8, 4) is 0 Å². The van der Waals surface area contributed by atoms with Crippen molar-refractivity contribution in [1.29, 1.82) is 0 Å². The molecule has 6 heteroatoms. The van der Waals surface area contributed by atoms with Gasteiger partial charge < -0.3 is 8.43 Å². The molecule has 0 unspecified atom stereocenters. The third-order valence-electron chi connectivity index (χ3n) is 2.36. The van der Waals surface area contributed by atoms with E-state index in [9.17, 15) is 0 Å². The van der Waals surface area contributed by atoms with Gasteiger partial charge in [-0.25, -0.2) is 0 Å². The monoisotopic (exact) mass is 340 g/mol. The Hall–Kier alpha value is 1.00. The lowest BCUT2D eigenvalue weighted by Crippen LogP contribution is -2.30. The van der Waals surface area contributed by atoms with Gasteiger partial charge in [-0.2, -0.15) is 0 Å². The van der Waals surface area contributed by atoms with Gasteiger partial charge in [0.1, 0.15) is 0 Å². The summed E-state index contributed by atoms with van der Waals surface area (Å²) in [4.78, 5) is 0. The summed E-state index contributed by atoms with van der Waals surface area (Å²) < 4.78 is 12.6. The second-order valence-electron chi connectivity index (χ2n) is 7.16. The van der Waals surface area contributed by atoms with Gasteiger partial charge in [-0.05, 0) is 57.5 Å². The molecule has 0 aromatic rings. The lowest BCUT2D eigenvalue weighted by molar-refractivity contribution is 0.480. The smallest absolute Gasteiger partial charge is 0.192 e. The van der Waals surface area contributed by atoms with E-state index in [1.807, 2.05) is 0 Å². The molecule has 0 aliphatic carbocycles. The van der Waals surface area contributed by atoms with E-state index in [0.717, 1.165) is 12.6 Å². The molecule has 2 nitrogen and oxygen atoms in total. The minimum Gasteiger partial charge on any atom is -0.372 e. The predicted molar refractivity (Wildman–Crippen MR) is 96.8 cm³/mol. The van der Waals surface area contributed by atoms with Crippen LogP contribution in [0.25, 0.3) is 0 Å². The van der Waals surface area contributed by atoms with E-state index in [-0.39, 0.29) is 0 Å². The van der Waals surface area contributed by atoms with Gasteiger partial charge in [0.05, 0.1) is 0 Å². The standard InChI is InChI=1S/C13H33O2PSSi2/c1-8-9-10-11-12-13-16(17,14-18(2,3)4)15-19(5,6)7/h8-13H2,1-7H3. The zero-order valence-corrected chi connectivity index (χ0v) is 17.6. The van der Waals surface area contributed by atoms with Crippen molar-refractivity contribution in [2.24, 2.45) is 0 Å². The van der Waals surface area contributed by atoms with E-state index in [2.05, 4.69) is 46.2 Å². The van der Waals surface area contributed by atoms with E-state index >= 15 is 0 Å². The van der Waals surface area contributed by atoms with Gasteiger partial charge in [0.15, 0.2) is 23.1 Å². The van der Waals surface area contributed by atoms with Crippen molar-refractivity contribution in [3.05, 3.63) is 0 Å². The van der Waals surface area contributed by atoms with Crippen LogP contribution < -0.4 is 0 Å². The number of hydrogen-bond donors (Lipinski definition) is 0. The molecule has 0 rings (SSSR count). The van der Waals surface area contributed by atoms with Crippen LogP contribution in [0, 0.1) is 0 Å². The summed E-state index contributed by atoms with van der Waals surface area (Å²) in [6.07, 6.45) is 7.30. The van der Waals surface area contributed by atoms with Crippen LogP contribution >= 0.6 is 6.49 Å². The van der Waals surface area contributed by atoms with E-state index in [1.165, 1.54) is 25.7 Å². The van der Waals surface area contributed by atoms with Crippen molar-refractivity contribution in [2.75, 3.05) is 6.16 Å². The highest BCUT2D eigenvalue weighted by Gasteiger charge is 2.32. The lowest BCUT2D eigenvalue weighted by atomic mass is 10.2. The van der Waals surface area contributed by atoms with Crippen molar-refractivity contribution < 1.29 is 8.43 Å². The molecule has 0 saturated carbocycles. The molecule has 19 heavy (non-hydrogen) atoms. The van der Waals surface area contributed by atoms with E-state index < -0.39 is 23.1 Å². The summed E-state index contributed by atoms with van der Waals surface area (Å²) in [5, 5.41) is 0. The summed E-state index contributed by atoms with van der Waals surface area (Å²) in [5.41, 5.74) is 0. The first-order valence-electron chi connectivity index (χ1n) is 7.48. The Bertz CT molecular complexity index is 278. The molecule has 0 atom stereocenters. The third kappa shape index (κ3) is 12.5. The fourth-order valence-electron chi connectivity index (χ4n) is 1.85. The fraction of sp³-hybridized carbons (Fsp3) is 1.00. The van der Waals surface area contributed by atoms with Crippen LogP contribution in [0.15, 0.2) is 0 Å². The SMILES string of the molecule is CCCCCCCP(=S)(O[Si](C)(C)C)O[Si](C)(C)C. The van der Waals surface area contributed by atoms with E-state index in [4.69, 9.17) is 20.2 Å². The molecule has 0 spiro atoms. The van der Waals surface area contributed by atoms with Crippen LogP contribution in [-0.2, 0) is 20.2 Å². The Labute approximate surface area is 128 Å². The molecule has 0 radical (unpaired) electrons. The largest absolute Gasteiger partial charge is 0.372 e. The van der Waals surface area contributed by atoms with Crippen molar-refractivity contribution >= 4 is 34.9 Å². The van der Waals surface area contributed by atoms with Gasteiger partial charge in [0, 0.05) is 6.16 Å². The lowest BCUT2D eigenvalue weighted by Gasteiger charge is -2.34. The Kier molecular flexibility index (Phi) is 8.89. The molecule has 0 N–H and O–H groups in total. The van der Waals surface area contributed by atoms with Crippen molar-refractivity contribution in [2.45, 2.75) is 78.3 Å². The molecule has 0 aliphatic heterocycles. The molecular formula is C13H33O2PSSi2. The summed E-state index contributed by atoms with van der Waals surface area (Å²) in [6, 6.07) is 0. The third-order valence-corrected chi connectivity index (χ3v) is 11.7. The fourth-order valence-corrected chi connectivity index (χ4v) is 14.8. The van der Waals surface area contributed by atoms with Gasteiger partial charge in [0.25, 0.3) is 0 Å². The molecule has 0 amide bonds. The Morgan fingerprint density at radius 2 is 1.21 bits per heavy atom. The van der Waals surface area contributed by atoms with Gasteiger partial charge in [-0.1, -0.05) is 32.6 Å². The summed E-state index contributed by atoms with van der Waals surface area (Å²) >= 11 is 5.81. The summed E-state index contributed by atoms with van der Waals surface area (Å²) in [6.45, 7) is 13.4. The molecule has 0 aromatic heterocycles.